The summed E-state index contributed by atoms with van der Waals surface area (Å²) in [5, 5.41) is 7.97. The van der Waals surface area contributed by atoms with Gasteiger partial charge in [-0.3, -0.25) is 9.58 Å². The van der Waals surface area contributed by atoms with Crippen LogP contribution in [-0.4, -0.2) is 33.8 Å². The molecule has 0 saturated carbocycles. The second kappa shape index (κ2) is 7.18. The zero-order chi connectivity index (χ0) is 16.2. The molecule has 1 aliphatic rings. The molecule has 23 heavy (non-hydrogen) atoms. The number of nitrogens with zero attached hydrogens (tertiary/aromatic N) is 3. The number of nitrogens with one attached hydrogen (secondary N) is 1. The van der Waals surface area contributed by atoms with E-state index in [1.807, 2.05) is 17.9 Å². The van der Waals surface area contributed by atoms with Crippen molar-refractivity contribution in [2.24, 2.45) is 7.05 Å². The van der Waals surface area contributed by atoms with Crippen LogP contribution in [0, 0.1) is 0 Å². The number of piperidine rings is 1. The second-order valence-corrected chi connectivity index (χ2v) is 7.02. The fourth-order valence-corrected chi connectivity index (χ4v) is 3.33. The highest BCUT2D eigenvalue weighted by molar-refractivity contribution is 5.46. The summed E-state index contributed by atoms with van der Waals surface area (Å²) < 4.78 is 1.88. The first-order chi connectivity index (χ1) is 11.1. The average Bonchev–Trinajstić information content (AvgIpc) is 2.93. The van der Waals surface area contributed by atoms with Crippen molar-refractivity contribution in [3.63, 3.8) is 0 Å². The molecule has 124 valence electrons. The third kappa shape index (κ3) is 4.35. The van der Waals surface area contributed by atoms with Gasteiger partial charge in [0.25, 0.3) is 0 Å². The topological polar surface area (TPSA) is 33.1 Å². The molecule has 1 aromatic carbocycles. The maximum Gasteiger partial charge on any atom is 0.0534 e. The molecule has 1 aromatic heterocycles. The Morgan fingerprint density at radius 3 is 2.70 bits per heavy atom. The molecule has 0 aliphatic carbocycles. The van der Waals surface area contributed by atoms with Crippen LogP contribution in [0.5, 0.6) is 0 Å². The zero-order valence-electron chi connectivity index (χ0n) is 14.5. The molecule has 0 spiro atoms. The standard InChI is InChI=1S/C19H28N4/c1-15(2)17-6-8-18(9-7-17)21-19-5-4-10-23(14-19)13-16-11-20-22(3)12-16/h6-9,11-12,15,19,21H,4-5,10,13-14H2,1-3H3/t19-/m0/s1. The fraction of sp³-hybridized carbons (Fsp3) is 0.526. The molecule has 0 amide bonds. The summed E-state index contributed by atoms with van der Waals surface area (Å²) in [7, 11) is 1.98. The van der Waals surface area contributed by atoms with Gasteiger partial charge in [-0.1, -0.05) is 26.0 Å². The van der Waals surface area contributed by atoms with Crippen molar-refractivity contribution >= 4 is 5.69 Å². The van der Waals surface area contributed by atoms with Gasteiger partial charge in [-0.15, -0.1) is 0 Å². The summed E-state index contributed by atoms with van der Waals surface area (Å²) in [5.74, 6) is 0.591. The van der Waals surface area contributed by atoms with Gasteiger partial charge in [0.05, 0.1) is 6.20 Å². The Hall–Kier alpha value is -1.81. The van der Waals surface area contributed by atoms with E-state index >= 15 is 0 Å². The van der Waals surface area contributed by atoms with E-state index in [1.165, 1.54) is 36.2 Å². The molecule has 2 aromatic rings. The van der Waals surface area contributed by atoms with Crippen molar-refractivity contribution in [2.75, 3.05) is 18.4 Å². The fourth-order valence-electron chi connectivity index (χ4n) is 3.33. The van der Waals surface area contributed by atoms with Crippen molar-refractivity contribution in [3.05, 3.63) is 47.8 Å². The van der Waals surface area contributed by atoms with Gasteiger partial charge >= 0.3 is 0 Å². The van der Waals surface area contributed by atoms with E-state index in [1.54, 1.807) is 0 Å². The van der Waals surface area contributed by atoms with Gasteiger partial charge in [-0.25, -0.2) is 0 Å². The number of rotatable bonds is 5. The molecule has 2 heterocycles. The first-order valence-corrected chi connectivity index (χ1v) is 8.66. The largest absolute Gasteiger partial charge is 0.381 e. The second-order valence-electron chi connectivity index (χ2n) is 7.02. The van der Waals surface area contributed by atoms with Crippen molar-refractivity contribution in [1.82, 2.24) is 14.7 Å². The number of aromatic nitrogens is 2. The highest BCUT2D eigenvalue weighted by Crippen LogP contribution is 2.20. The Bertz CT molecular complexity index is 615. The lowest BCUT2D eigenvalue weighted by Crippen LogP contribution is -2.41. The Morgan fingerprint density at radius 1 is 1.26 bits per heavy atom. The monoisotopic (exact) mass is 312 g/mol. The van der Waals surface area contributed by atoms with E-state index < -0.39 is 0 Å². The van der Waals surface area contributed by atoms with Crippen molar-refractivity contribution < 1.29 is 0 Å². The molecule has 1 aliphatic heterocycles. The predicted molar refractivity (Wildman–Crippen MR) is 95.7 cm³/mol. The van der Waals surface area contributed by atoms with Crippen molar-refractivity contribution in [2.45, 2.75) is 45.2 Å². The van der Waals surface area contributed by atoms with Crippen LogP contribution in [0.1, 0.15) is 43.7 Å². The molecule has 0 unspecified atom stereocenters. The van der Waals surface area contributed by atoms with Crippen LogP contribution >= 0.6 is 0 Å². The molecule has 1 fully saturated rings. The van der Waals surface area contributed by atoms with Gasteiger partial charge in [0.2, 0.25) is 0 Å². The Balaban J connectivity index is 1.55. The number of likely N-dealkylation sites (tertiary alicyclic amines) is 1. The SMILES string of the molecule is CC(C)c1ccc(N[C@H]2CCCN(Cc3cnn(C)c3)C2)cc1. The minimum atomic E-state index is 0.533. The Kier molecular flexibility index (Phi) is 5.01. The number of hydrogen-bond donors (Lipinski definition) is 1. The molecule has 3 rings (SSSR count). The molecular weight excluding hydrogens is 284 g/mol. The third-order valence-corrected chi connectivity index (χ3v) is 4.62. The van der Waals surface area contributed by atoms with Crippen molar-refractivity contribution in [1.29, 1.82) is 0 Å². The summed E-state index contributed by atoms with van der Waals surface area (Å²) >= 11 is 0. The highest BCUT2D eigenvalue weighted by atomic mass is 15.2. The smallest absolute Gasteiger partial charge is 0.0534 e. The third-order valence-electron chi connectivity index (χ3n) is 4.62. The normalized spacial score (nSPS) is 19.2. The van der Waals surface area contributed by atoms with E-state index in [4.69, 9.17) is 0 Å². The van der Waals surface area contributed by atoms with E-state index in [2.05, 4.69) is 59.6 Å². The quantitative estimate of drug-likeness (QED) is 0.915. The molecule has 1 saturated heterocycles. The van der Waals surface area contributed by atoms with Gasteiger partial charge < -0.3 is 5.32 Å². The summed E-state index contributed by atoms with van der Waals surface area (Å²) in [6.07, 6.45) is 6.58. The Labute approximate surface area is 139 Å². The van der Waals surface area contributed by atoms with Gasteiger partial charge in [0, 0.05) is 43.6 Å². The lowest BCUT2D eigenvalue weighted by molar-refractivity contribution is 0.208. The number of benzene rings is 1. The van der Waals surface area contributed by atoms with Crippen LogP contribution < -0.4 is 5.32 Å². The lowest BCUT2D eigenvalue weighted by atomic mass is 10.0. The van der Waals surface area contributed by atoms with Crippen LogP contribution in [0.3, 0.4) is 0 Å². The molecule has 4 heteroatoms. The predicted octanol–water partition coefficient (Wildman–Crippen LogP) is 3.62. The summed E-state index contributed by atoms with van der Waals surface area (Å²) in [4.78, 5) is 2.53. The first-order valence-electron chi connectivity index (χ1n) is 8.66. The van der Waals surface area contributed by atoms with E-state index in [-0.39, 0.29) is 0 Å². The van der Waals surface area contributed by atoms with Crippen molar-refractivity contribution in [3.8, 4) is 0 Å². The minimum Gasteiger partial charge on any atom is -0.381 e. The minimum absolute atomic E-state index is 0.533. The van der Waals surface area contributed by atoms with Gasteiger partial charge in [-0.2, -0.15) is 5.10 Å². The summed E-state index contributed by atoms with van der Waals surface area (Å²) in [6.45, 7) is 7.75. The first kappa shape index (κ1) is 16.1. The van der Waals surface area contributed by atoms with E-state index in [0.717, 1.165) is 13.1 Å². The molecule has 1 N–H and O–H groups in total. The van der Waals surface area contributed by atoms with Crippen LogP contribution in [-0.2, 0) is 13.6 Å². The van der Waals surface area contributed by atoms with Crippen LogP contribution in [0.2, 0.25) is 0 Å². The van der Waals surface area contributed by atoms with Gasteiger partial charge in [-0.05, 0) is 43.0 Å². The number of hydrogen-bond acceptors (Lipinski definition) is 3. The molecule has 0 radical (unpaired) electrons. The summed E-state index contributed by atoms with van der Waals surface area (Å²) in [5.41, 5.74) is 3.94. The summed E-state index contributed by atoms with van der Waals surface area (Å²) in [6, 6.07) is 9.45. The lowest BCUT2D eigenvalue weighted by Gasteiger charge is -2.33. The average molecular weight is 312 g/mol. The van der Waals surface area contributed by atoms with Crippen LogP contribution in [0.4, 0.5) is 5.69 Å². The number of aryl methyl sites for hydroxylation is 1. The maximum atomic E-state index is 4.27. The number of anilines is 1. The van der Waals surface area contributed by atoms with Gasteiger partial charge in [0.1, 0.15) is 0 Å². The highest BCUT2D eigenvalue weighted by Gasteiger charge is 2.20. The molecule has 4 nitrogen and oxygen atoms in total. The molecule has 0 bridgehead atoms. The maximum absolute atomic E-state index is 4.27. The Morgan fingerprint density at radius 2 is 2.04 bits per heavy atom. The van der Waals surface area contributed by atoms with Gasteiger partial charge in [0.15, 0.2) is 0 Å². The van der Waals surface area contributed by atoms with E-state index in [9.17, 15) is 0 Å². The zero-order valence-corrected chi connectivity index (χ0v) is 14.5. The van der Waals surface area contributed by atoms with Crippen LogP contribution in [0.15, 0.2) is 36.7 Å². The molecular formula is C19H28N4. The molecule has 1 atom stereocenters. The van der Waals surface area contributed by atoms with E-state index in [0.29, 0.717) is 12.0 Å². The van der Waals surface area contributed by atoms with Crippen LogP contribution in [0.25, 0.3) is 0 Å².